The Bertz CT molecular complexity index is 1190. The van der Waals surface area contributed by atoms with Gasteiger partial charge in [0.1, 0.15) is 10.9 Å². The maximum absolute atomic E-state index is 13.4. The van der Waals surface area contributed by atoms with Crippen LogP contribution in [0.3, 0.4) is 0 Å². The van der Waals surface area contributed by atoms with Crippen molar-refractivity contribution in [3.63, 3.8) is 0 Å². The fourth-order valence-electron chi connectivity index (χ4n) is 3.39. The summed E-state index contributed by atoms with van der Waals surface area (Å²) in [5.41, 5.74) is 0.993. The highest BCUT2D eigenvalue weighted by atomic mass is 35.5. The van der Waals surface area contributed by atoms with Crippen molar-refractivity contribution in [2.24, 2.45) is 0 Å². The monoisotopic (exact) mass is 425 g/mol. The molecule has 0 aliphatic carbocycles. The summed E-state index contributed by atoms with van der Waals surface area (Å²) in [6.45, 7) is 0. The van der Waals surface area contributed by atoms with Gasteiger partial charge in [-0.15, -0.1) is 0 Å². The van der Waals surface area contributed by atoms with E-state index >= 15 is 0 Å². The zero-order chi connectivity index (χ0) is 20.6. The van der Waals surface area contributed by atoms with E-state index in [0.717, 1.165) is 0 Å². The predicted molar refractivity (Wildman–Crippen MR) is 111 cm³/mol. The molecule has 1 amide bonds. The first-order valence-electron chi connectivity index (χ1n) is 8.78. The molecule has 1 aliphatic rings. The number of rotatable bonds is 4. The first-order valence-corrected chi connectivity index (χ1v) is 10.6. The molecule has 7 heteroatoms. The van der Waals surface area contributed by atoms with Crippen LogP contribution in [0.25, 0.3) is 0 Å². The molecule has 0 spiro atoms. The number of carbonyl (C=O) groups is 1. The fourth-order valence-corrected chi connectivity index (χ4v) is 5.16. The summed E-state index contributed by atoms with van der Waals surface area (Å²) in [7, 11) is -4.13. The molecule has 1 N–H and O–H groups in total. The maximum Gasteiger partial charge on any atom is 0.295 e. The van der Waals surface area contributed by atoms with E-state index in [2.05, 4.69) is 0 Å². The van der Waals surface area contributed by atoms with E-state index in [-0.39, 0.29) is 9.80 Å². The van der Waals surface area contributed by atoms with Crippen molar-refractivity contribution in [3.8, 4) is 0 Å². The van der Waals surface area contributed by atoms with Gasteiger partial charge in [-0.05, 0) is 42.0 Å². The summed E-state index contributed by atoms with van der Waals surface area (Å²) >= 11 is 5.96. The second-order valence-corrected chi connectivity index (χ2v) is 8.85. The number of sulfone groups is 1. The van der Waals surface area contributed by atoms with Crippen LogP contribution in [0.5, 0.6) is 0 Å². The van der Waals surface area contributed by atoms with Gasteiger partial charge in [0.15, 0.2) is 5.76 Å². The van der Waals surface area contributed by atoms with Gasteiger partial charge in [-0.3, -0.25) is 9.69 Å². The lowest BCUT2D eigenvalue weighted by molar-refractivity contribution is -0.117. The topological polar surface area (TPSA) is 74.7 Å². The normalized spacial score (nSPS) is 17.1. The first kappa shape index (κ1) is 19.2. The minimum Gasteiger partial charge on any atom is -0.502 e. The minimum atomic E-state index is -4.13. The Hall–Kier alpha value is -3.09. The molecule has 1 atom stereocenters. The van der Waals surface area contributed by atoms with Gasteiger partial charge in [-0.1, -0.05) is 60.1 Å². The second kappa shape index (κ2) is 7.39. The Morgan fingerprint density at radius 3 is 1.97 bits per heavy atom. The Morgan fingerprint density at radius 2 is 1.38 bits per heavy atom. The van der Waals surface area contributed by atoms with Crippen molar-refractivity contribution in [2.75, 3.05) is 4.90 Å². The molecule has 146 valence electrons. The third-order valence-electron chi connectivity index (χ3n) is 4.72. The maximum atomic E-state index is 13.4. The molecule has 5 nitrogen and oxygen atoms in total. The van der Waals surface area contributed by atoms with Crippen molar-refractivity contribution in [3.05, 3.63) is 106 Å². The summed E-state index contributed by atoms with van der Waals surface area (Å²) in [5.74, 6) is -1.56. The number of hydrogen-bond donors (Lipinski definition) is 1. The Balaban J connectivity index is 1.94. The third-order valence-corrected chi connectivity index (χ3v) is 6.86. The summed E-state index contributed by atoms with van der Waals surface area (Å²) in [4.78, 5) is 13.9. The third kappa shape index (κ3) is 3.30. The fraction of sp³-hybridized carbons (Fsp3) is 0.0455. The smallest absolute Gasteiger partial charge is 0.295 e. The van der Waals surface area contributed by atoms with Crippen molar-refractivity contribution >= 4 is 33.0 Å². The van der Waals surface area contributed by atoms with Crippen LogP contribution in [-0.2, 0) is 14.6 Å². The van der Waals surface area contributed by atoms with Crippen LogP contribution in [0.15, 0.2) is 100 Å². The Labute approximate surface area is 173 Å². The van der Waals surface area contributed by atoms with Gasteiger partial charge in [-0.25, -0.2) is 8.42 Å². The molecule has 29 heavy (non-hydrogen) atoms. The van der Waals surface area contributed by atoms with E-state index in [1.54, 1.807) is 72.8 Å². The van der Waals surface area contributed by atoms with Crippen LogP contribution in [0, 0.1) is 0 Å². The van der Waals surface area contributed by atoms with E-state index in [1.807, 2.05) is 0 Å². The average Bonchev–Trinajstić information content (AvgIpc) is 3.01. The standard InChI is InChI=1S/C22H16ClNO4S/c23-16-11-13-17(14-12-16)24-19(15-7-3-1-4-8-15)21(20(25)22(24)26)29(27,28)18-9-5-2-6-10-18/h1-14,19,25H. The van der Waals surface area contributed by atoms with E-state index in [1.165, 1.54) is 17.0 Å². The number of amides is 1. The highest BCUT2D eigenvalue weighted by Crippen LogP contribution is 2.44. The number of benzene rings is 3. The number of carbonyl (C=O) groups excluding carboxylic acids is 1. The first-order chi connectivity index (χ1) is 13.9. The number of hydrogen-bond acceptors (Lipinski definition) is 4. The van der Waals surface area contributed by atoms with Crippen LogP contribution in [0.2, 0.25) is 5.02 Å². The van der Waals surface area contributed by atoms with Crippen LogP contribution in [0.4, 0.5) is 5.69 Å². The minimum absolute atomic E-state index is 0.00763. The van der Waals surface area contributed by atoms with Gasteiger partial charge in [-0.2, -0.15) is 0 Å². The molecule has 0 bridgehead atoms. The van der Waals surface area contributed by atoms with Crippen LogP contribution in [-0.4, -0.2) is 19.4 Å². The molecule has 0 saturated carbocycles. The van der Waals surface area contributed by atoms with E-state index in [0.29, 0.717) is 16.3 Å². The SMILES string of the molecule is O=C1C(O)=C(S(=O)(=O)c2ccccc2)C(c2ccccc2)N1c1ccc(Cl)cc1. The lowest BCUT2D eigenvalue weighted by atomic mass is 10.1. The summed E-state index contributed by atoms with van der Waals surface area (Å²) in [5, 5.41) is 11.1. The van der Waals surface area contributed by atoms with Gasteiger partial charge in [0.25, 0.3) is 5.91 Å². The number of anilines is 1. The highest BCUT2D eigenvalue weighted by molar-refractivity contribution is 7.95. The van der Waals surface area contributed by atoms with Gasteiger partial charge in [0.2, 0.25) is 9.84 Å². The van der Waals surface area contributed by atoms with Gasteiger partial charge >= 0.3 is 0 Å². The number of aliphatic hydroxyl groups excluding tert-OH is 1. The number of nitrogens with zero attached hydrogens (tertiary/aromatic N) is 1. The molecule has 1 unspecified atom stereocenters. The molecule has 0 aromatic heterocycles. The second-order valence-electron chi connectivity index (χ2n) is 6.49. The Morgan fingerprint density at radius 1 is 0.828 bits per heavy atom. The zero-order valence-electron chi connectivity index (χ0n) is 15.1. The molecule has 4 rings (SSSR count). The van der Waals surface area contributed by atoms with Crippen molar-refractivity contribution in [2.45, 2.75) is 10.9 Å². The summed E-state index contributed by atoms with van der Waals surface area (Å²) in [6, 6.07) is 21.9. The van der Waals surface area contributed by atoms with Gasteiger partial charge < -0.3 is 5.11 Å². The Kier molecular flexibility index (Phi) is 4.90. The molecule has 1 aliphatic heterocycles. The van der Waals surface area contributed by atoms with Crippen LogP contribution in [0.1, 0.15) is 11.6 Å². The van der Waals surface area contributed by atoms with Crippen molar-refractivity contribution in [1.82, 2.24) is 0 Å². The molecular formula is C22H16ClNO4S. The van der Waals surface area contributed by atoms with E-state index in [9.17, 15) is 18.3 Å². The quantitative estimate of drug-likeness (QED) is 0.659. The zero-order valence-corrected chi connectivity index (χ0v) is 16.6. The van der Waals surface area contributed by atoms with Crippen LogP contribution < -0.4 is 4.90 Å². The molecule has 0 radical (unpaired) electrons. The van der Waals surface area contributed by atoms with E-state index in [4.69, 9.17) is 11.6 Å². The van der Waals surface area contributed by atoms with Gasteiger partial charge in [0, 0.05) is 10.7 Å². The van der Waals surface area contributed by atoms with Crippen LogP contribution >= 0.6 is 11.6 Å². The molecule has 1 heterocycles. The molecule has 0 fully saturated rings. The lowest BCUT2D eigenvalue weighted by Gasteiger charge is -2.27. The number of halogens is 1. The highest BCUT2D eigenvalue weighted by Gasteiger charge is 2.47. The molecular weight excluding hydrogens is 410 g/mol. The predicted octanol–water partition coefficient (Wildman–Crippen LogP) is 4.67. The van der Waals surface area contributed by atoms with E-state index < -0.39 is 27.5 Å². The molecule has 0 saturated heterocycles. The van der Waals surface area contributed by atoms with Crippen molar-refractivity contribution in [1.29, 1.82) is 0 Å². The van der Waals surface area contributed by atoms with Gasteiger partial charge in [0.05, 0.1) is 4.90 Å². The summed E-state index contributed by atoms with van der Waals surface area (Å²) < 4.78 is 26.8. The van der Waals surface area contributed by atoms with Crippen molar-refractivity contribution < 1.29 is 18.3 Å². The molecule has 3 aromatic rings. The average molecular weight is 426 g/mol. The summed E-state index contributed by atoms with van der Waals surface area (Å²) in [6.07, 6.45) is 0. The molecule has 3 aromatic carbocycles. The largest absolute Gasteiger partial charge is 0.502 e. The number of aliphatic hydroxyl groups is 1. The lowest BCUT2D eigenvalue weighted by Crippen LogP contribution is -2.31.